The molecule has 0 saturated carbocycles. The van der Waals surface area contributed by atoms with E-state index < -0.39 is 11.6 Å². The van der Waals surface area contributed by atoms with Crippen molar-refractivity contribution in [2.75, 3.05) is 20.8 Å². The molecule has 0 aliphatic rings. The highest BCUT2D eigenvalue weighted by Crippen LogP contribution is 2.28. The first-order valence-corrected chi connectivity index (χ1v) is 7.46. The lowest BCUT2D eigenvalue weighted by atomic mass is 10.1. The van der Waals surface area contributed by atoms with E-state index in [9.17, 15) is 13.6 Å². The van der Waals surface area contributed by atoms with Gasteiger partial charge in [0, 0.05) is 30.8 Å². The molecular formula is C18H19F2NO3. The van der Waals surface area contributed by atoms with Gasteiger partial charge in [-0.2, -0.15) is 0 Å². The van der Waals surface area contributed by atoms with E-state index in [4.69, 9.17) is 9.47 Å². The minimum absolute atomic E-state index is 0.0282. The number of carbonyl (C=O) groups excluding carboxylic acids is 1. The largest absolute Gasteiger partial charge is 0.493 e. The molecule has 1 amide bonds. The fourth-order valence-electron chi connectivity index (χ4n) is 2.27. The van der Waals surface area contributed by atoms with Gasteiger partial charge in [0.05, 0.1) is 13.7 Å². The SMILES string of the molecule is CCOc1ccc(C(=O)N(C)Cc2ccc(F)cc2F)cc1OC. The van der Waals surface area contributed by atoms with Crippen molar-refractivity contribution in [2.45, 2.75) is 13.5 Å². The van der Waals surface area contributed by atoms with Gasteiger partial charge >= 0.3 is 0 Å². The summed E-state index contributed by atoms with van der Waals surface area (Å²) in [5.41, 5.74) is 0.630. The molecule has 0 aromatic heterocycles. The molecule has 128 valence electrons. The Morgan fingerprint density at radius 3 is 2.50 bits per heavy atom. The second-order valence-electron chi connectivity index (χ2n) is 5.20. The fraction of sp³-hybridized carbons (Fsp3) is 0.278. The van der Waals surface area contributed by atoms with E-state index in [1.807, 2.05) is 6.92 Å². The normalized spacial score (nSPS) is 10.4. The van der Waals surface area contributed by atoms with E-state index in [0.717, 1.165) is 12.1 Å². The lowest BCUT2D eigenvalue weighted by Crippen LogP contribution is -2.26. The molecule has 0 saturated heterocycles. The molecule has 4 nitrogen and oxygen atoms in total. The Kier molecular flexibility index (Phi) is 5.73. The first-order valence-electron chi connectivity index (χ1n) is 7.46. The van der Waals surface area contributed by atoms with Crippen molar-refractivity contribution in [3.05, 3.63) is 59.2 Å². The Bertz CT molecular complexity index is 734. The highest BCUT2D eigenvalue weighted by Gasteiger charge is 2.16. The molecule has 0 aliphatic carbocycles. The van der Waals surface area contributed by atoms with Crippen LogP contribution in [0.15, 0.2) is 36.4 Å². The summed E-state index contributed by atoms with van der Waals surface area (Å²) in [5, 5.41) is 0. The maximum absolute atomic E-state index is 13.7. The Hall–Kier alpha value is -2.63. The quantitative estimate of drug-likeness (QED) is 0.809. The molecule has 2 aromatic carbocycles. The predicted octanol–water partition coefficient (Wildman–Crippen LogP) is 3.64. The molecule has 0 spiro atoms. The molecule has 0 radical (unpaired) electrons. The predicted molar refractivity (Wildman–Crippen MR) is 86.3 cm³/mol. The van der Waals surface area contributed by atoms with Crippen LogP contribution in [0.25, 0.3) is 0 Å². The van der Waals surface area contributed by atoms with Gasteiger partial charge in [-0.15, -0.1) is 0 Å². The first kappa shape index (κ1) is 17.7. The van der Waals surface area contributed by atoms with E-state index in [1.54, 1.807) is 25.2 Å². The van der Waals surface area contributed by atoms with Crippen LogP contribution >= 0.6 is 0 Å². The number of ether oxygens (including phenoxy) is 2. The number of methoxy groups -OCH3 is 1. The number of hydrogen-bond acceptors (Lipinski definition) is 3. The van der Waals surface area contributed by atoms with Crippen molar-refractivity contribution >= 4 is 5.91 Å². The molecule has 0 unspecified atom stereocenters. The monoisotopic (exact) mass is 335 g/mol. The molecule has 2 aromatic rings. The van der Waals surface area contributed by atoms with E-state index in [-0.39, 0.29) is 18.0 Å². The van der Waals surface area contributed by atoms with Gasteiger partial charge in [0.1, 0.15) is 11.6 Å². The Balaban J connectivity index is 2.18. The standard InChI is InChI=1S/C18H19F2NO3/c1-4-24-16-8-6-12(9-17(16)23-3)18(22)21(2)11-13-5-7-14(19)10-15(13)20/h5-10H,4,11H2,1-3H3. The highest BCUT2D eigenvalue weighted by atomic mass is 19.1. The molecule has 0 heterocycles. The summed E-state index contributed by atoms with van der Waals surface area (Å²) in [5.74, 6) is -0.645. The number of rotatable bonds is 6. The zero-order chi connectivity index (χ0) is 17.7. The Labute approximate surface area is 139 Å². The van der Waals surface area contributed by atoms with E-state index in [2.05, 4.69) is 0 Å². The maximum atomic E-state index is 13.7. The van der Waals surface area contributed by atoms with E-state index >= 15 is 0 Å². The summed E-state index contributed by atoms with van der Waals surface area (Å²) >= 11 is 0. The molecule has 0 aliphatic heterocycles. The summed E-state index contributed by atoms with van der Waals surface area (Å²) in [6.07, 6.45) is 0. The lowest BCUT2D eigenvalue weighted by Gasteiger charge is -2.19. The lowest BCUT2D eigenvalue weighted by molar-refractivity contribution is 0.0783. The molecule has 0 bridgehead atoms. The molecular weight excluding hydrogens is 316 g/mol. The number of hydrogen-bond donors (Lipinski definition) is 0. The van der Waals surface area contributed by atoms with Gasteiger partial charge in [0.2, 0.25) is 0 Å². The minimum atomic E-state index is -0.682. The van der Waals surface area contributed by atoms with Crippen LogP contribution in [0.4, 0.5) is 8.78 Å². The summed E-state index contributed by atoms with van der Waals surface area (Å²) in [6, 6.07) is 8.14. The van der Waals surface area contributed by atoms with Crippen molar-refractivity contribution in [3.8, 4) is 11.5 Å². The van der Waals surface area contributed by atoms with Gasteiger partial charge in [-0.25, -0.2) is 8.78 Å². The molecule has 0 atom stereocenters. The van der Waals surface area contributed by atoms with E-state index in [0.29, 0.717) is 23.7 Å². The van der Waals surface area contributed by atoms with Gasteiger partial charge in [-0.1, -0.05) is 6.07 Å². The summed E-state index contributed by atoms with van der Waals surface area (Å²) in [6.45, 7) is 2.36. The van der Waals surface area contributed by atoms with Crippen molar-refractivity contribution in [1.82, 2.24) is 4.90 Å². The number of carbonyl (C=O) groups is 1. The molecule has 2 rings (SSSR count). The van der Waals surface area contributed by atoms with E-state index in [1.165, 1.54) is 18.1 Å². The van der Waals surface area contributed by atoms with Gasteiger partial charge in [0.25, 0.3) is 5.91 Å². The van der Waals surface area contributed by atoms with Crippen molar-refractivity contribution in [3.63, 3.8) is 0 Å². The molecule has 0 N–H and O–H groups in total. The number of benzene rings is 2. The maximum Gasteiger partial charge on any atom is 0.254 e. The van der Waals surface area contributed by atoms with Crippen molar-refractivity contribution in [1.29, 1.82) is 0 Å². The second-order valence-corrected chi connectivity index (χ2v) is 5.20. The fourth-order valence-corrected chi connectivity index (χ4v) is 2.27. The topological polar surface area (TPSA) is 38.8 Å². The number of nitrogens with zero attached hydrogens (tertiary/aromatic N) is 1. The minimum Gasteiger partial charge on any atom is -0.493 e. The highest BCUT2D eigenvalue weighted by molar-refractivity contribution is 5.94. The number of amides is 1. The summed E-state index contributed by atoms with van der Waals surface area (Å²) in [7, 11) is 3.04. The molecule has 24 heavy (non-hydrogen) atoms. The van der Waals surface area contributed by atoms with Crippen molar-refractivity contribution < 1.29 is 23.0 Å². The first-order chi connectivity index (χ1) is 11.5. The third kappa shape index (κ3) is 4.01. The molecule has 6 heteroatoms. The van der Waals surface area contributed by atoms with Crippen LogP contribution in [-0.4, -0.2) is 31.6 Å². The van der Waals surface area contributed by atoms with Crippen molar-refractivity contribution in [2.24, 2.45) is 0 Å². The van der Waals surface area contributed by atoms with Crippen LogP contribution in [0.1, 0.15) is 22.8 Å². The Morgan fingerprint density at radius 1 is 1.12 bits per heavy atom. The average Bonchev–Trinajstić information content (AvgIpc) is 2.57. The zero-order valence-electron chi connectivity index (χ0n) is 13.8. The van der Waals surface area contributed by atoms with Crippen LogP contribution in [-0.2, 0) is 6.54 Å². The van der Waals surface area contributed by atoms with Gasteiger partial charge < -0.3 is 14.4 Å². The average molecular weight is 335 g/mol. The Morgan fingerprint density at radius 2 is 1.88 bits per heavy atom. The van der Waals surface area contributed by atoms with Crippen LogP contribution < -0.4 is 9.47 Å². The van der Waals surface area contributed by atoms with Gasteiger partial charge in [0.15, 0.2) is 11.5 Å². The van der Waals surface area contributed by atoms with Crippen LogP contribution in [0.2, 0.25) is 0 Å². The second kappa shape index (κ2) is 7.77. The number of halogens is 2. The van der Waals surface area contributed by atoms with Crippen LogP contribution in [0.3, 0.4) is 0 Å². The van der Waals surface area contributed by atoms with Gasteiger partial charge in [-0.3, -0.25) is 4.79 Å². The summed E-state index contributed by atoms with van der Waals surface area (Å²) < 4.78 is 37.3. The summed E-state index contributed by atoms with van der Waals surface area (Å²) in [4.78, 5) is 13.9. The third-order valence-corrected chi connectivity index (χ3v) is 3.48. The van der Waals surface area contributed by atoms with Crippen LogP contribution in [0.5, 0.6) is 11.5 Å². The third-order valence-electron chi connectivity index (χ3n) is 3.48. The molecule has 0 fully saturated rings. The smallest absolute Gasteiger partial charge is 0.254 e. The zero-order valence-corrected chi connectivity index (χ0v) is 13.8. The van der Waals surface area contributed by atoms with Gasteiger partial charge in [-0.05, 0) is 31.2 Å². The van der Waals surface area contributed by atoms with Crippen LogP contribution in [0, 0.1) is 11.6 Å².